The van der Waals surface area contributed by atoms with E-state index in [1.54, 1.807) is 13.3 Å². The highest BCUT2D eigenvalue weighted by molar-refractivity contribution is 5.80. The molecule has 0 fully saturated rings. The molecular weight excluding hydrogens is 226 g/mol. The van der Waals surface area contributed by atoms with Gasteiger partial charge in [-0.05, 0) is 36.8 Å². The molecule has 0 amide bonds. The number of aromatic amines is 1. The molecular formula is C14H13N3O. The summed E-state index contributed by atoms with van der Waals surface area (Å²) in [5.74, 6) is 1.36. The topological polar surface area (TPSA) is 50.8 Å². The van der Waals surface area contributed by atoms with Gasteiger partial charge in [-0.25, -0.2) is 9.97 Å². The van der Waals surface area contributed by atoms with Gasteiger partial charge in [-0.1, -0.05) is 6.07 Å². The van der Waals surface area contributed by atoms with E-state index in [1.165, 1.54) is 5.56 Å². The summed E-state index contributed by atoms with van der Waals surface area (Å²) in [6, 6.07) is 9.95. The second-order valence-corrected chi connectivity index (χ2v) is 4.17. The van der Waals surface area contributed by atoms with Gasteiger partial charge in [0.2, 0.25) is 5.88 Å². The lowest BCUT2D eigenvalue weighted by Crippen LogP contribution is -1.91. The number of ether oxygens (including phenoxy) is 1. The van der Waals surface area contributed by atoms with Crippen molar-refractivity contribution in [3.63, 3.8) is 0 Å². The quantitative estimate of drug-likeness (QED) is 0.748. The van der Waals surface area contributed by atoms with Crippen LogP contribution >= 0.6 is 0 Å². The molecule has 2 aromatic heterocycles. The van der Waals surface area contributed by atoms with E-state index in [0.717, 1.165) is 22.4 Å². The molecule has 90 valence electrons. The van der Waals surface area contributed by atoms with E-state index >= 15 is 0 Å². The molecule has 0 spiro atoms. The Balaban J connectivity index is 2.19. The van der Waals surface area contributed by atoms with Gasteiger partial charge in [0.05, 0.1) is 23.7 Å². The predicted octanol–water partition coefficient (Wildman–Crippen LogP) is 2.94. The highest BCUT2D eigenvalue weighted by Crippen LogP contribution is 2.27. The minimum atomic E-state index is 0.577. The first-order valence-electron chi connectivity index (χ1n) is 5.73. The molecule has 1 N–H and O–H groups in total. The Morgan fingerprint density at radius 1 is 1.22 bits per heavy atom. The molecule has 1 aromatic carbocycles. The number of nitrogens with zero attached hydrogens (tertiary/aromatic N) is 2. The summed E-state index contributed by atoms with van der Waals surface area (Å²) in [4.78, 5) is 12.0. The fraction of sp³-hybridized carbons (Fsp3) is 0.143. The average molecular weight is 239 g/mol. The molecule has 4 heteroatoms. The number of imidazole rings is 1. The lowest BCUT2D eigenvalue weighted by molar-refractivity contribution is 0.399. The van der Waals surface area contributed by atoms with Crippen molar-refractivity contribution in [2.45, 2.75) is 6.92 Å². The summed E-state index contributed by atoms with van der Waals surface area (Å²) >= 11 is 0. The van der Waals surface area contributed by atoms with Crippen molar-refractivity contribution in [3.8, 4) is 17.3 Å². The maximum atomic E-state index is 5.25. The molecule has 0 saturated heterocycles. The first kappa shape index (κ1) is 10.8. The van der Waals surface area contributed by atoms with Crippen molar-refractivity contribution in [2.24, 2.45) is 0 Å². The van der Waals surface area contributed by atoms with E-state index in [1.807, 2.05) is 24.3 Å². The van der Waals surface area contributed by atoms with Crippen molar-refractivity contribution in [1.82, 2.24) is 15.0 Å². The number of aromatic nitrogens is 3. The third-order valence-corrected chi connectivity index (χ3v) is 2.86. The van der Waals surface area contributed by atoms with Crippen molar-refractivity contribution in [3.05, 3.63) is 42.1 Å². The van der Waals surface area contributed by atoms with Crippen LogP contribution in [0.5, 0.6) is 5.88 Å². The van der Waals surface area contributed by atoms with Crippen molar-refractivity contribution in [1.29, 1.82) is 0 Å². The lowest BCUT2D eigenvalue weighted by Gasteiger charge is -2.03. The SMILES string of the molecule is COc1ncccc1-c1nc2ccc(C)cc2[nH]1. The van der Waals surface area contributed by atoms with E-state index in [0.29, 0.717) is 5.88 Å². The van der Waals surface area contributed by atoms with Crippen LogP contribution in [0.3, 0.4) is 0 Å². The van der Waals surface area contributed by atoms with Gasteiger partial charge >= 0.3 is 0 Å². The Morgan fingerprint density at radius 2 is 2.11 bits per heavy atom. The number of aryl methyl sites for hydroxylation is 1. The zero-order chi connectivity index (χ0) is 12.5. The van der Waals surface area contributed by atoms with Gasteiger partial charge in [0.15, 0.2) is 0 Å². The summed E-state index contributed by atoms with van der Waals surface area (Å²) < 4.78 is 5.25. The average Bonchev–Trinajstić information content (AvgIpc) is 2.81. The van der Waals surface area contributed by atoms with Crippen LogP contribution in [0.15, 0.2) is 36.5 Å². The highest BCUT2D eigenvalue weighted by Gasteiger charge is 2.10. The summed E-state index contributed by atoms with van der Waals surface area (Å²) in [6.07, 6.45) is 1.70. The van der Waals surface area contributed by atoms with E-state index in [2.05, 4.69) is 27.9 Å². The number of rotatable bonds is 2. The fourth-order valence-corrected chi connectivity index (χ4v) is 1.98. The summed E-state index contributed by atoms with van der Waals surface area (Å²) in [5.41, 5.74) is 4.04. The number of pyridine rings is 1. The molecule has 3 aromatic rings. The van der Waals surface area contributed by atoms with Gasteiger partial charge < -0.3 is 9.72 Å². The fourth-order valence-electron chi connectivity index (χ4n) is 1.98. The third-order valence-electron chi connectivity index (χ3n) is 2.86. The van der Waals surface area contributed by atoms with Gasteiger partial charge in [0, 0.05) is 6.20 Å². The molecule has 0 aliphatic carbocycles. The van der Waals surface area contributed by atoms with Gasteiger partial charge in [0.25, 0.3) is 0 Å². The molecule has 0 unspecified atom stereocenters. The molecule has 0 aliphatic heterocycles. The first-order chi connectivity index (χ1) is 8.78. The second-order valence-electron chi connectivity index (χ2n) is 4.17. The van der Waals surface area contributed by atoms with Crippen LogP contribution in [0, 0.1) is 6.92 Å². The maximum absolute atomic E-state index is 5.25. The van der Waals surface area contributed by atoms with Crippen LogP contribution in [0.4, 0.5) is 0 Å². The largest absolute Gasteiger partial charge is 0.480 e. The van der Waals surface area contributed by atoms with Gasteiger partial charge in [-0.3, -0.25) is 0 Å². The lowest BCUT2D eigenvalue weighted by atomic mass is 10.2. The van der Waals surface area contributed by atoms with E-state index in [-0.39, 0.29) is 0 Å². The normalized spacial score (nSPS) is 10.8. The molecule has 0 bridgehead atoms. The maximum Gasteiger partial charge on any atom is 0.224 e. The second kappa shape index (κ2) is 4.14. The van der Waals surface area contributed by atoms with Gasteiger partial charge in [-0.15, -0.1) is 0 Å². The minimum Gasteiger partial charge on any atom is -0.480 e. The zero-order valence-corrected chi connectivity index (χ0v) is 10.3. The number of nitrogens with one attached hydrogen (secondary N) is 1. The molecule has 2 heterocycles. The third kappa shape index (κ3) is 1.72. The van der Waals surface area contributed by atoms with Crippen LogP contribution in [0.2, 0.25) is 0 Å². The Bertz CT molecular complexity index is 703. The zero-order valence-electron chi connectivity index (χ0n) is 10.3. The Hall–Kier alpha value is -2.36. The van der Waals surface area contributed by atoms with Crippen LogP contribution in [0.1, 0.15) is 5.56 Å². The van der Waals surface area contributed by atoms with Crippen molar-refractivity contribution < 1.29 is 4.74 Å². The Labute approximate surface area is 105 Å². The van der Waals surface area contributed by atoms with E-state index in [9.17, 15) is 0 Å². The molecule has 0 aliphatic rings. The summed E-state index contributed by atoms with van der Waals surface area (Å²) in [5, 5.41) is 0. The molecule has 3 rings (SSSR count). The standard InChI is InChI=1S/C14H13N3O/c1-9-5-6-11-12(8-9)17-13(16-11)10-4-3-7-15-14(10)18-2/h3-8H,1-2H3,(H,16,17). The molecule has 0 saturated carbocycles. The van der Waals surface area contributed by atoms with Crippen LogP contribution in [-0.2, 0) is 0 Å². The molecule has 0 atom stereocenters. The number of H-pyrrole nitrogens is 1. The molecule has 18 heavy (non-hydrogen) atoms. The Morgan fingerprint density at radius 3 is 2.94 bits per heavy atom. The van der Waals surface area contributed by atoms with E-state index in [4.69, 9.17) is 4.74 Å². The number of hydrogen-bond donors (Lipinski definition) is 1. The predicted molar refractivity (Wildman–Crippen MR) is 70.6 cm³/mol. The van der Waals surface area contributed by atoms with Gasteiger partial charge in [0.1, 0.15) is 5.82 Å². The summed E-state index contributed by atoms with van der Waals surface area (Å²) in [7, 11) is 1.61. The number of fused-ring (bicyclic) bond motifs is 1. The smallest absolute Gasteiger partial charge is 0.224 e. The van der Waals surface area contributed by atoms with E-state index < -0.39 is 0 Å². The Kier molecular flexibility index (Phi) is 2.48. The number of methoxy groups -OCH3 is 1. The first-order valence-corrected chi connectivity index (χ1v) is 5.73. The monoisotopic (exact) mass is 239 g/mol. The number of benzene rings is 1. The molecule has 4 nitrogen and oxygen atoms in total. The number of hydrogen-bond acceptors (Lipinski definition) is 3. The minimum absolute atomic E-state index is 0.577. The van der Waals surface area contributed by atoms with Crippen molar-refractivity contribution in [2.75, 3.05) is 7.11 Å². The van der Waals surface area contributed by atoms with Crippen molar-refractivity contribution >= 4 is 11.0 Å². The highest BCUT2D eigenvalue weighted by atomic mass is 16.5. The molecule has 0 radical (unpaired) electrons. The van der Waals surface area contributed by atoms with Crippen LogP contribution in [0.25, 0.3) is 22.4 Å². The summed E-state index contributed by atoms with van der Waals surface area (Å²) in [6.45, 7) is 2.06. The van der Waals surface area contributed by atoms with Gasteiger partial charge in [-0.2, -0.15) is 0 Å². The van der Waals surface area contributed by atoms with Crippen LogP contribution < -0.4 is 4.74 Å². The van der Waals surface area contributed by atoms with Crippen LogP contribution in [-0.4, -0.2) is 22.1 Å².